The molecule has 1 heterocycles. The van der Waals surface area contributed by atoms with Gasteiger partial charge in [0.25, 0.3) is 0 Å². The second-order valence-corrected chi connectivity index (χ2v) is 5.31. The highest BCUT2D eigenvalue weighted by Crippen LogP contribution is 2.20. The molecule has 0 bridgehead atoms. The summed E-state index contributed by atoms with van der Waals surface area (Å²) < 4.78 is 7.41. The average molecular weight is 288 g/mol. The van der Waals surface area contributed by atoms with Crippen molar-refractivity contribution < 1.29 is 4.74 Å². The third-order valence-corrected chi connectivity index (χ3v) is 3.40. The summed E-state index contributed by atoms with van der Waals surface area (Å²) in [4.78, 5) is 0. The third kappa shape index (κ3) is 4.06. The maximum Gasteiger partial charge on any atom is 0.119 e. The van der Waals surface area contributed by atoms with Gasteiger partial charge in [0, 0.05) is 18.7 Å². The first-order valence-corrected chi connectivity index (χ1v) is 7.37. The Balaban J connectivity index is 2.07. The predicted molar refractivity (Wildman–Crippen MR) is 84.0 cm³/mol. The number of rotatable bonds is 7. The highest BCUT2D eigenvalue weighted by atomic mass is 16.5. The summed E-state index contributed by atoms with van der Waals surface area (Å²) >= 11 is 0. The fraction of sp³-hybridized carbons (Fsp3) is 0.438. The summed E-state index contributed by atoms with van der Waals surface area (Å²) in [6, 6.07) is 10.5. The number of benzene rings is 1. The van der Waals surface area contributed by atoms with E-state index in [1.807, 2.05) is 48.1 Å². The van der Waals surface area contributed by atoms with Gasteiger partial charge in [-0.2, -0.15) is 5.10 Å². The number of hydrogen-bond donors (Lipinski definition) is 2. The molecule has 5 nitrogen and oxygen atoms in total. The van der Waals surface area contributed by atoms with Crippen molar-refractivity contribution in [2.24, 2.45) is 5.84 Å². The molecular weight excluding hydrogens is 264 g/mol. The average Bonchev–Trinajstić information content (AvgIpc) is 2.95. The van der Waals surface area contributed by atoms with Crippen molar-refractivity contribution in [3.8, 4) is 5.75 Å². The van der Waals surface area contributed by atoms with E-state index in [0.717, 1.165) is 23.4 Å². The van der Waals surface area contributed by atoms with Gasteiger partial charge >= 0.3 is 0 Å². The number of hydrogen-bond acceptors (Lipinski definition) is 4. The van der Waals surface area contributed by atoms with Crippen molar-refractivity contribution in [2.75, 3.05) is 6.61 Å². The van der Waals surface area contributed by atoms with E-state index >= 15 is 0 Å². The van der Waals surface area contributed by atoms with E-state index in [0.29, 0.717) is 12.6 Å². The molecule has 0 saturated carbocycles. The van der Waals surface area contributed by atoms with Crippen LogP contribution in [-0.4, -0.2) is 16.4 Å². The van der Waals surface area contributed by atoms with Crippen LogP contribution in [0.2, 0.25) is 0 Å². The lowest BCUT2D eigenvalue weighted by atomic mass is 10.0. The molecule has 1 atom stereocenters. The summed E-state index contributed by atoms with van der Waals surface area (Å²) in [5.41, 5.74) is 5.02. The van der Waals surface area contributed by atoms with Gasteiger partial charge in [0.05, 0.1) is 18.3 Å². The Hall–Kier alpha value is -1.85. The molecule has 0 fully saturated rings. The molecule has 0 aliphatic carbocycles. The van der Waals surface area contributed by atoms with E-state index in [2.05, 4.69) is 24.4 Å². The standard InChI is InChI=1S/C16H24N4O/c1-4-21-15-7-5-13(6-8-15)16(18-17)11-14-9-10-20(19-14)12(2)3/h5-10,12,16,18H,4,11,17H2,1-3H3. The van der Waals surface area contributed by atoms with Crippen molar-refractivity contribution >= 4 is 0 Å². The number of aromatic nitrogens is 2. The van der Waals surface area contributed by atoms with E-state index in [1.165, 1.54) is 0 Å². The van der Waals surface area contributed by atoms with Crippen LogP contribution in [0, 0.1) is 0 Å². The number of nitrogens with two attached hydrogens (primary N) is 1. The van der Waals surface area contributed by atoms with Crippen LogP contribution in [0.1, 0.15) is 44.1 Å². The van der Waals surface area contributed by atoms with E-state index in [-0.39, 0.29) is 6.04 Å². The third-order valence-electron chi connectivity index (χ3n) is 3.40. The molecular formula is C16H24N4O. The summed E-state index contributed by atoms with van der Waals surface area (Å²) in [7, 11) is 0. The normalized spacial score (nSPS) is 12.6. The van der Waals surface area contributed by atoms with E-state index < -0.39 is 0 Å². The van der Waals surface area contributed by atoms with Crippen molar-refractivity contribution in [1.82, 2.24) is 15.2 Å². The van der Waals surface area contributed by atoms with Crippen LogP contribution in [0.5, 0.6) is 5.75 Å². The fourth-order valence-electron chi connectivity index (χ4n) is 2.22. The zero-order chi connectivity index (χ0) is 15.2. The number of nitrogens with one attached hydrogen (secondary N) is 1. The molecule has 0 saturated heterocycles. The molecule has 1 aromatic carbocycles. The predicted octanol–water partition coefficient (Wildman–Crippen LogP) is 2.61. The topological polar surface area (TPSA) is 65.1 Å². The SMILES string of the molecule is CCOc1ccc(C(Cc2ccn(C(C)C)n2)NN)cc1. The largest absolute Gasteiger partial charge is 0.494 e. The minimum atomic E-state index is 0.0381. The smallest absolute Gasteiger partial charge is 0.119 e. The summed E-state index contributed by atoms with van der Waals surface area (Å²) in [6.07, 6.45) is 2.76. The quantitative estimate of drug-likeness (QED) is 0.607. The highest BCUT2D eigenvalue weighted by Gasteiger charge is 2.13. The van der Waals surface area contributed by atoms with Gasteiger partial charge in [-0.15, -0.1) is 0 Å². The lowest BCUT2D eigenvalue weighted by Crippen LogP contribution is -2.29. The van der Waals surface area contributed by atoms with Gasteiger partial charge in [0.1, 0.15) is 5.75 Å². The monoisotopic (exact) mass is 288 g/mol. The van der Waals surface area contributed by atoms with Gasteiger partial charge in [0.15, 0.2) is 0 Å². The van der Waals surface area contributed by atoms with Gasteiger partial charge in [-0.1, -0.05) is 12.1 Å². The highest BCUT2D eigenvalue weighted by molar-refractivity contribution is 5.29. The first-order valence-electron chi connectivity index (χ1n) is 7.37. The van der Waals surface area contributed by atoms with Crippen molar-refractivity contribution in [3.63, 3.8) is 0 Å². The van der Waals surface area contributed by atoms with Crippen LogP contribution in [0.4, 0.5) is 0 Å². The second kappa shape index (κ2) is 7.24. The van der Waals surface area contributed by atoms with Gasteiger partial charge in [-0.3, -0.25) is 16.0 Å². The minimum Gasteiger partial charge on any atom is -0.494 e. The second-order valence-electron chi connectivity index (χ2n) is 5.31. The molecule has 0 radical (unpaired) electrons. The minimum absolute atomic E-state index is 0.0381. The van der Waals surface area contributed by atoms with Crippen molar-refractivity contribution in [3.05, 3.63) is 47.8 Å². The Bertz CT molecular complexity index is 548. The zero-order valence-corrected chi connectivity index (χ0v) is 12.9. The molecule has 2 rings (SSSR count). The molecule has 1 aromatic heterocycles. The number of hydrazine groups is 1. The summed E-state index contributed by atoms with van der Waals surface area (Å²) in [5.74, 6) is 6.58. The van der Waals surface area contributed by atoms with Crippen LogP contribution in [0.15, 0.2) is 36.5 Å². The molecule has 0 amide bonds. The Morgan fingerprint density at radius 3 is 2.48 bits per heavy atom. The van der Waals surface area contributed by atoms with Gasteiger partial charge < -0.3 is 4.74 Å². The maximum atomic E-state index is 5.70. The van der Waals surface area contributed by atoms with E-state index in [9.17, 15) is 0 Å². The van der Waals surface area contributed by atoms with E-state index in [1.54, 1.807) is 0 Å². The molecule has 114 valence electrons. The van der Waals surface area contributed by atoms with Gasteiger partial charge in [0.2, 0.25) is 0 Å². The molecule has 0 aliphatic rings. The summed E-state index contributed by atoms with van der Waals surface area (Å²) in [6.45, 7) is 6.87. The lowest BCUT2D eigenvalue weighted by molar-refractivity contribution is 0.340. The Morgan fingerprint density at radius 1 is 1.24 bits per heavy atom. The number of ether oxygens (including phenoxy) is 1. The zero-order valence-electron chi connectivity index (χ0n) is 12.9. The van der Waals surface area contributed by atoms with Crippen molar-refractivity contribution in [1.29, 1.82) is 0 Å². The first kappa shape index (κ1) is 15.5. The first-order chi connectivity index (χ1) is 10.1. The Morgan fingerprint density at radius 2 is 1.95 bits per heavy atom. The van der Waals surface area contributed by atoms with Crippen LogP contribution in [0.25, 0.3) is 0 Å². The van der Waals surface area contributed by atoms with E-state index in [4.69, 9.17) is 10.6 Å². The molecule has 1 unspecified atom stereocenters. The van der Waals surface area contributed by atoms with Crippen LogP contribution < -0.4 is 16.0 Å². The molecule has 21 heavy (non-hydrogen) atoms. The molecule has 3 N–H and O–H groups in total. The van der Waals surface area contributed by atoms with Gasteiger partial charge in [-0.05, 0) is 44.5 Å². The molecule has 2 aromatic rings. The Kier molecular flexibility index (Phi) is 5.36. The summed E-state index contributed by atoms with van der Waals surface area (Å²) in [5, 5.41) is 4.57. The van der Waals surface area contributed by atoms with Crippen LogP contribution in [0.3, 0.4) is 0 Å². The maximum absolute atomic E-state index is 5.70. The lowest BCUT2D eigenvalue weighted by Gasteiger charge is -2.16. The molecule has 5 heteroatoms. The van der Waals surface area contributed by atoms with Crippen molar-refractivity contribution in [2.45, 2.75) is 39.3 Å². The van der Waals surface area contributed by atoms with Crippen LogP contribution >= 0.6 is 0 Å². The number of nitrogens with zero attached hydrogens (tertiary/aromatic N) is 2. The van der Waals surface area contributed by atoms with Crippen LogP contribution in [-0.2, 0) is 6.42 Å². The molecule has 0 aliphatic heterocycles. The van der Waals surface area contributed by atoms with Gasteiger partial charge in [-0.25, -0.2) is 0 Å². The fourth-order valence-corrected chi connectivity index (χ4v) is 2.22. The Labute approximate surface area is 126 Å². The molecule has 0 spiro atoms.